The molecule has 1 aromatic carbocycles. The lowest BCUT2D eigenvalue weighted by Crippen LogP contribution is -2.07. The zero-order chi connectivity index (χ0) is 8.43. The third-order valence-electron chi connectivity index (χ3n) is 1.45. The lowest BCUT2D eigenvalue weighted by atomic mass is 10.3. The van der Waals surface area contributed by atoms with E-state index in [1.807, 2.05) is 31.1 Å². The van der Waals surface area contributed by atoms with Crippen LogP contribution in [0.15, 0.2) is 22.7 Å². The lowest BCUT2D eigenvalue weighted by Gasteiger charge is -2.12. The molecule has 0 bridgehead atoms. The van der Waals surface area contributed by atoms with Crippen molar-refractivity contribution in [2.24, 2.45) is 0 Å². The van der Waals surface area contributed by atoms with E-state index in [0.29, 0.717) is 0 Å². The Balaban J connectivity index is 3.05. The summed E-state index contributed by atoms with van der Waals surface area (Å²) in [5, 5.41) is 9.16. The zero-order valence-corrected chi connectivity index (χ0v) is 8.09. The number of nitrogens with zero attached hydrogens (tertiary/aromatic N) is 1. The molecular weight excluding hydrogens is 206 g/mol. The second-order valence-corrected chi connectivity index (χ2v) is 3.38. The standard InChI is InChI=1S/C8H10BrNO/c1-10(2)6-3-4-8(11)7(9)5-6/h3-5,11H,1-2H3. The molecule has 0 spiro atoms. The summed E-state index contributed by atoms with van der Waals surface area (Å²) in [5.41, 5.74) is 1.06. The number of rotatable bonds is 1. The van der Waals surface area contributed by atoms with Gasteiger partial charge in [0.05, 0.1) is 4.47 Å². The molecule has 0 heterocycles. The largest absolute Gasteiger partial charge is 0.507 e. The molecule has 1 N–H and O–H groups in total. The maximum Gasteiger partial charge on any atom is 0.129 e. The van der Waals surface area contributed by atoms with Gasteiger partial charge in [-0.15, -0.1) is 0 Å². The van der Waals surface area contributed by atoms with Crippen molar-refractivity contribution in [2.75, 3.05) is 19.0 Å². The molecule has 3 heteroatoms. The van der Waals surface area contributed by atoms with Gasteiger partial charge in [0.15, 0.2) is 0 Å². The maximum absolute atomic E-state index is 9.16. The molecule has 0 saturated carbocycles. The van der Waals surface area contributed by atoms with Crippen molar-refractivity contribution in [3.8, 4) is 5.75 Å². The molecule has 0 unspecified atom stereocenters. The Morgan fingerprint density at radius 3 is 2.45 bits per heavy atom. The van der Waals surface area contributed by atoms with E-state index in [0.717, 1.165) is 10.2 Å². The van der Waals surface area contributed by atoms with Gasteiger partial charge in [-0.3, -0.25) is 0 Å². The van der Waals surface area contributed by atoms with Crippen molar-refractivity contribution in [2.45, 2.75) is 0 Å². The van der Waals surface area contributed by atoms with E-state index in [9.17, 15) is 0 Å². The molecule has 0 aliphatic rings. The van der Waals surface area contributed by atoms with Gasteiger partial charge < -0.3 is 10.0 Å². The number of aromatic hydroxyl groups is 1. The highest BCUT2D eigenvalue weighted by Crippen LogP contribution is 2.27. The summed E-state index contributed by atoms with van der Waals surface area (Å²) in [6, 6.07) is 5.40. The first kappa shape index (κ1) is 8.40. The Kier molecular flexibility index (Phi) is 2.39. The Morgan fingerprint density at radius 1 is 1.36 bits per heavy atom. The maximum atomic E-state index is 9.16. The number of phenolic OH excluding ortho intramolecular Hbond substituents is 1. The van der Waals surface area contributed by atoms with Crippen LogP contribution in [0.1, 0.15) is 0 Å². The Hall–Kier alpha value is -0.700. The van der Waals surface area contributed by atoms with E-state index in [1.165, 1.54) is 0 Å². The summed E-state index contributed by atoms with van der Waals surface area (Å²) >= 11 is 3.24. The van der Waals surface area contributed by atoms with Crippen LogP contribution in [0, 0.1) is 0 Å². The van der Waals surface area contributed by atoms with E-state index < -0.39 is 0 Å². The van der Waals surface area contributed by atoms with Crippen LogP contribution < -0.4 is 4.90 Å². The number of benzene rings is 1. The van der Waals surface area contributed by atoms with Crippen molar-refractivity contribution in [3.63, 3.8) is 0 Å². The molecule has 0 aliphatic heterocycles. The summed E-state index contributed by atoms with van der Waals surface area (Å²) in [5.74, 6) is 0.274. The van der Waals surface area contributed by atoms with Crippen molar-refractivity contribution in [1.82, 2.24) is 0 Å². The molecule has 0 aromatic heterocycles. The third-order valence-corrected chi connectivity index (χ3v) is 2.08. The highest BCUT2D eigenvalue weighted by molar-refractivity contribution is 9.10. The lowest BCUT2D eigenvalue weighted by molar-refractivity contribution is 0.472. The summed E-state index contributed by atoms with van der Waals surface area (Å²) < 4.78 is 0.726. The molecule has 0 atom stereocenters. The first-order valence-electron chi connectivity index (χ1n) is 3.27. The molecule has 2 nitrogen and oxygen atoms in total. The van der Waals surface area contributed by atoms with Gasteiger partial charge in [-0.05, 0) is 34.1 Å². The van der Waals surface area contributed by atoms with E-state index >= 15 is 0 Å². The fourth-order valence-corrected chi connectivity index (χ4v) is 1.14. The summed E-state index contributed by atoms with van der Waals surface area (Å²) in [6.45, 7) is 0. The number of anilines is 1. The number of phenols is 1. The highest BCUT2D eigenvalue weighted by atomic mass is 79.9. The van der Waals surface area contributed by atoms with Gasteiger partial charge in [0.1, 0.15) is 5.75 Å². The van der Waals surface area contributed by atoms with Gasteiger partial charge in [-0.2, -0.15) is 0 Å². The molecule has 1 aromatic rings. The van der Waals surface area contributed by atoms with Gasteiger partial charge in [0, 0.05) is 19.8 Å². The van der Waals surface area contributed by atoms with Gasteiger partial charge >= 0.3 is 0 Å². The van der Waals surface area contributed by atoms with Crippen molar-refractivity contribution in [3.05, 3.63) is 22.7 Å². The van der Waals surface area contributed by atoms with Crippen LogP contribution >= 0.6 is 15.9 Å². The van der Waals surface area contributed by atoms with Crippen LogP contribution in [-0.4, -0.2) is 19.2 Å². The summed E-state index contributed by atoms with van der Waals surface area (Å²) in [7, 11) is 3.91. The van der Waals surface area contributed by atoms with Crippen molar-refractivity contribution >= 4 is 21.6 Å². The second kappa shape index (κ2) is 3.13. The molecule has 60 valence electrons. The Morgan fingerprint density at radius 2 is 2.00 bits per heavy atom. The van der Waals surface area contributed by atoms with Crippen LogP contribution in [-0.2, 0) is 0 Å². The molecular formula is C8H10BrNO. The third kappa shape index (κ3) is 1.87. The SMILES string of the molecule is CN(C)c1ccc(O)c(Br)c1. The van der Waals surface area contributed by atoms with E-state index in [2.05, 4.69) is 15.9 Å². The average molecular weight is 216 g/mol. The fraction of sp³-hybridized carbons (Fsp3) is 0.250. The molecule has 0 amide bonds. The molecule has 0 radical (unpaired) electrons. The number of hydrogen-bond acceptors (Lipinski definition) is 2. The normalized spacial score (nSPS) is 9.73. The van der Waals surface area contributed by atoms with Crippen LogP contribution in [0.2, 0.25) is 0 Å². The Bertz CT molecular complexity index is 260. The molecule has 0 aliphatic carbocycles. The average Bonchev–Trinajstić information content (AvgIpc) is 1.94. The predicted molar refractivity (Wildman–Crippen MR) is 50.1 cm³/mol. The van der Waals surface area contributed by atoms with Gasteiger partial charge in [-0.1, -0.05) is 0 Å². The van der Waals surface area contributed by atoms with Crippen LogP contribution in [0.25, 0.3) is 0 Å². The monoisotopic (exact) mass is 215 g/mol. The minimum absolute atomic E-state index is 0.274. The quantitative estimate of drug-likeness (QED) is 0.777. The van der Waals surface area contributed by atoms with Crippen LogP contribution in [0.5, 0.6) is 5.75 Å². The van der Waals surface area contributed by atoms with Crippen molar-refractivity contribution in [1.29, 1.82) is 0 Å². The summed E-state index contributed by atoms with van der Waals surface area (Å²) in [4.78, 5) is 1.98. The smallest absolute Gasteiger partial charge is 0.129 e. The first-order chi connectivity index (χ1) is 5.11. The van der Waals surface area contributed by atoms with Crippen LogP contribution in [0.4, 0.5) is 5.69 Å². The van der Waals surface area contributed by atoms with Crippen molar-refractivity contribution < 1.29 is 5.11 Å². The first-order valence-corrected chi connectivity index (χ1v) is 4.06. The minimum Gasteiger partial charge on any atom is -0.507 e. The minimum atomic E-state index is 0.274. The second-order valence-electron chi connectivity index (χ2n) is 2.53. The fourth-order valence-electron chi connectivity index (χ4n) is 0.774. The predicted octanol–water partition coefficient (Wildman–Crippen LogP) is 2.22. The highest BCUT2D eigenvalue weighted by Gasteiger charge is 1.99. The molecule has 11 heavy (non-hydrogen) atoms. The van der Waals surface area contributed by atoms with Gasteiger partial charge in [-0.25, -0.2) is 0 Å². The van der Waals surface area contributed by atoms with Gasteiger partial charge in [0.25, 0.3) is 0 Å². The zero-order valence-electron chi connectivity index (χ0n) is 6.50. The van der Waals surface area contributed by atoms with Crippen LogP contribution in [0.3, 0.4) is 0 Å². The topological polar surface area (TPSA) is 23.5 Å². The van der Waals surface area contributed by atoms with E-state index in [1.54, 1.807) is 6.07 Å². The molecule has 1 rings (SSSR count). The molecule has 0 saturated heterocycles. The summed E-state index contributed by atoms with van der Waals surface area (Å²) in [6.07, 6.45) is 0. The van der Waals surface area contributed by atoms with Gasteiger partial charge in [0.2, 0.25) is 0 Å². The number of halogens is 1. The van der Waals surface area contributed by atoms with E-state index in [4.69, 9.17) is 5.11 Å². The number of hydrogen-bond donors (Lipinski definition) is 1. The Labute approximate surface area is 74.6 Å². The molecule has 0 fully saturated rings. The van der Waals surface area contributed by atoms with E-state index in [-0.39, 0.29) is 5.75 Å².